The van der Waals surface area contributed by atoms with Gasteiger partial charge >= 0.3 is 0 Å². The Morgan fingerprint density at radius 2 is 1.70 bits per heavy atom. The predicted molar refractivity (Wildman–Crippen MR) is 102 cm³/mol. The van der Waals surface area contributed by atoms with Gasteiger partial charge in [-0.3, -0.25) is 4.79 Å². The van der Waals surface area contributed by atoms with Crippen LogP contribution in [0.1, 0.15) is 29.6 Å². The van der Waals surface area contributed by atoms with E-state index >= 15 is 0 Å². The number of anilines is 1. The second kappa shape index (κ2) is 7.23. The van der Waals surface area contributed by atoms with Crippen LogP contribution in [0.5, 0.6) is 5.75 Å². The molecule has 0 spiro atoms. The van der Waals surface area contributed by atoms with E-state index in [0.717, 1.165) is 18.8 Å². The lowest BCUT2D eigenvalue weighted by atomic mass is 10.1. The Balaban J connectivity index is 1.59. The lowest BCUT2D eigenvalue weighted by Gasteiger charge is -2.28. The molecule has 0 radical (unpaired) electrons. The molecule has 2 heterocycles. The average molecular weight is 365 g/mol. The van der Waals surface area contributed by atoms with Gasteiger partial charge in [0.05, 0.1) is 16.9 Å². The van der Waals surface area contributed by atoms with Gasteiger partial charge in [0.1, 0.15) is 0 Å². The highest BCUT2D eigenvalue weighted by Gasteiger charge is 2.13. The zero-order valence-electron chi connectivity index (χ0n) is 14.8. The molecule has 0 amide bonds. The number of carbonyl (C=O) groups is 1. The summed E-state index contributed by atoms with van der Waals surface area (Å²) in [6.07, 6.45) is 5.98. The molecule has 1 aromatic heterocycles. The minimum atomic E-state index is -0.838. The van der Waals surface area contributed by atoms with E-state index in [-0.39, 0.29) is 5.56 Å². The number of aldehydes is 1. The molecule has 1 N–H and O–H groups in total. The van der Waals surface area contributed by atoms with Crippen molar-refractivity contribution in [1.29, 1.82) is 0 Å². The molecule has 0 atom stereocenters. The van der Waals surface area contributed by atoms with Gasteiger partial charge in [-0.05, 0) is 61.7 Å². The summed E-state index contributed by atoms with van der Waals surface area (Å²) >= 11 is 0. The Bertz CT molecular complexity index is 960. The SMILES string of the molecule is O=Cc1cc(-c2ccn(-c3ccc(N4CCCCC4)cc3)n2)cc(F)c1O. The Hall–Kier alpha value is -3.15. The molecule has 1 aliphatic rings. The third kappa shape index (κ3) is 3.43. The van der Waals surface area contributed by atoms with Gasteiger partial charge in [-0.2, -0.15) is 5.10 Å². The topological polar surface area (TPSA) is 58.4 Å². The lowest BCUT2D eigenvalue weighted by Crippen LogP contribution is -2.29. The maximum atomic E-state index is 13.8. The van der Waals surface area contributed by atoms with E-state index < -0.39 is 11.6 Å². The standard InChI is InChI=1S/C21H20FN3O2/c22-19-13-15(12-16(14-26)21(19)27)20-8-11-25(23-20)18-6-4-17(5-7-18)24-9-2-1-3-10-24/h4-8,11-14,27H,1-3,9-10H2. The summed E-state index contributed by atoms with van der Waals surface area (Å²) in [5.74, 6) is -1.48. The summed E-state index contributed by atoms with van der Waals surface area (Å²) in [6, 6.07) is 12.5. The first kappa shape index (κ1) is 17.3. The van der Waals surface area contributed by atoms with E-state index in [1.165, 1.54) is 37.1 Å². The molecule has 138 valence electrons. The number of phenols is 1. The third-order valence-electron chi connectivity index (χ3n) is 4.94. The molecule has 0 aliphatic carbocycles. The van der Waals surface area contributed by atoms with Crippen LogP contribution >= 0.6 is 0 Å². The van der Waals surface area contributed by atoms with E-state index in [0.29, 0.717) is 17.5 Å². The van der Waals surface area contributed by atoms with Crippen molar-refractivity contribution in [3.8, 4) is 22.7 Å². The van der Waals surface area contributed by atoms with Gasteiger partial charge in [-0.1, -0.05) is 0 Å². The predicted octanol–water partition coefficient (Wildman–Crippen LogP) is 4.19. The Morgan fingerprint density at radius 1 is 1.00 bits per heavy atom. The monoisotopic (exact) mass is 365 g/mol. The maximum Gasteiger partial charge on any atom is 0.166 e. The van der Waals surface area contributed by atoms with Crippen LogP contribution in [0.3, 0.4) is 0 Å². The van der Waals surface area contributed by atoms with Crippen LogP contribution in [0.4, 0.5) is 10.1 Å². The van der Waals surface area contributed by atoms with E-state index in [2.05, 4.69) is 22.1 Å². The number of rotatable bonds is 4. The van der Waals surface area contributed by atoms with Gasteiger partial charge in [0.2, 0.25) is 0 Å². The molecule has 1 fully saturated rings. The molecule has 0 unspecified atom stereocenters. The highest BCUT2D eigenvalue weighted by Crippen LogP contribution is 2.28. The van der Waals surface area contributed by atoms with E-state index in [1.54, 1.807) is 16.9 Å². The van der Waals surface area contributed by atoms with Gasteiger partial charge in [0, 0.05) is 30.5 Å². The molecule has 5 nitrogen and oxygen atoms in total. The highest BCUT2D eigenvalue weighted by atomic mass is 19.1. The van der Waals surface area contributed by atoms with Crippen LogP contribution in [-0.2, 0) is 0 Å². The van der Waals surface area contributed by atoms with E-state index in [1.807, 2.05) is 12.1 Å². The zero-order chi connectivity index (χ0) is 18.8. The zero-order valence-corrected chi connectivity index (χ0v) is 14.8. The minimum Gasteiger partial charge on any atom is -0.504 e. The second-order valence-electron chi connectivity index (χ2n) is 6.72. The largest absolute Gasteiger partial charge is 0.504 e. The van der Waals surface area contributed by atoms with Crippen molar-refractivity contribution in [2.75, 3.05) is 18.0 Å². The number of aromatic nitrogens is 2. The van der Waals surface area contributed by atoms with Gasteiger partial charge in [-0.25, -0.2) is 9.07 Å². The number of carbonyl (C=O) groups excluding carboxylic acids is 1. The van der Waals surface area contributed by atoms with Crippen LogP contribution in [-0.4, -0.2) is 34.3 Å². The van der Waals surface area contributed by atoms with Crippen molar-refractivity contribution >= 4 is 12.0 Å². The first-order valence-corrected chi connectivity index (χ1v) is 9.05. The average Bonchev–Trinajstić information content (AvgIpc) is 3.21. The van der Waals surface area contributed by atoms with Crippen LogP contribution < -0.4 is 4.90 Å². The smallest absolute Gasteiger partial charge is 0.166 e. The molecule has 0 saturated carbocycles. The molecule has 0 bridgehead atoms. The summed E-state index contributed by atoms with van der Waals surface area (Å²) in [5, 5.41) is 14.0. The molecule has 4 rings (SSSR count). The molecule has 6 heteroatoms. The third-order valence-corrected chi connectivity index (χ3v) is 4.94. The first-order valence-electron chi connectivity index (χ1n) is 9.05. The van der Waals surface area contributed by atoms with Gasteiger partial charge in [0.15, 0.2) is 17.9 Å². The number of aromatic hydroxyl groups is 1. The second-order valence-corrected chi connectivity index (χ2v) is 6.72. The fourth-order valence-electron chi connectivity index (χ4n) is 3.45. The van der Waals surface area contributed by atoms with Crippen molar-refractivity contribution in [2.45, 2.75) is 19.3 Å². The van der Waals surface area contributed by atoms with Crippen LogP contribution in [0.2, 0.25) is 0 Å². The Morgan fingerprint density at radius 3 is 2.41 bits per heavy atom. The van der Waals surface area contributed by atoms with Gasteiger partial charge in [0.25, 0.3) is 0 Å². The molecule has 1 saturated heterocycles. The number of nitrogens with zero attached hydrogens (tertiary/aromatic N) is 3. The van der Waals surface area contributed by atoms with Crippen LogP contribution in [0.15, 0.2) is 48.7 Å². The molecule has 1 aliphatic heterocycles. The van der Waals surface area contributed by atoms with E-state index in [9.17, 15) is 14.3 Å². The van der Waals surface area contributed by atoms with Crippen molar-refractivity contribution in [2.24, 2.45) is 0 Å². The molecular weight excluding hydrogens is 345 g/mol. The number of piperidine rings is 1. The van der Waals surface area contributed by atoms with Crippen LogP contribution in [0.25, 0.3) is 16.9 Å². The molecule has 27 heavy (non-hydrogen) atoms. The fraction of sp³-hybridized carbons (Fsp3) is 0.238. The minimum absolute atomic E-state index is 0.0922. The van der Waals surface area contributed by atoms with Crippen LogP contribution in [0, 0.1) is 5.82 Å². The number of benzene rings is 2. The van der Waals surface area contributed by atoms with Gasteiger partial charge < -0.3 is 10.0 Å². The van der Waals surface area contributed by atoms with Crippen molar-refractivity contribution in [3.63, 3.8) is 0 Å². The molecule has 2 aromatic carbocycles. The summed E-state index contributed by atoms with van der Waals surface area (Å²) in [5.41, 5.74) is 2.98. The fourth-order valence-corrected chi connectivity index (χ4v) is 3.45. The Kier molecular flexibility index (Phi) is 4.62. The van der Waals surface area contributed by atoms with Crippen molar-refractivity contribution in [1.82, 2.24) is 9.78 Å². The summed E-state index contributed by atoms with van der Waals surface area (Å²) in [4.78, 5) is 13.4. The lowest BCUT2D eigenvalue weighted by molar-refractivity contribution is 0.112. The molecule has 3 aromatic rings. The molecular formula is C21H20FN3O2. The summed E-state index contributed by atoms with van der Waals surface area (Å²) in [6.45, 7) is 2.19. The quantitative estimate of drug-likeness (QED) is 0.705. The Labute approximate surface area is 156 Å². The summed E-state index contributed by atoms with van der Waals surface area (Å²) in [7, 11) is 0. The number of phenolic OH excluding ortho intramolecular Hbond substituents is 1. The van der Waals surface area contributed by atoms with E-state index in [4.69, 9.17) is 0 Å². The summed E-state index contributed by atoms with van der Waals surface area (Å²) < 4.78 is 15.5. The van der Waals surface area contributed by atoms with Crippen molar-refractivity contribution in [3.05, 3.63) is 60.0 Å². The van der Waals surface area contributed by atoms with Gasteiger partial charge in [-0.15, -0.1) is 0 Å². The van der Waals surface area contributed by atoms with Crippen molar-refractivity contribution < 1.29 is 14.3 Å². The first-order chi connectivity index (χ1) is 13.2. The normalized spacial score (nSPS) is 14.3. The number of hydrogen-bond acceptors (Lipinski definition) is 4. The number of halogens is 1. The maximum absolute atomic E-state index is 13.8. The number of hydrogen-bond donors (Lipinski definition) is 1. The highest BCUT2D eigenvalue weighted by molar-refractivity contribution is 5.82.